The Morgan fingerprint density at radius 2 is 1.65 bits per heavy atom. The molecule has 23 heavy (non-hydrogen) atoms. The fourth-order valence-electron chi connectivity index (χ4n) is 2.21. The maximum Gasteiger partial charge on any atom is 0.241 e. The van der Waals surface area contributed by atoms with Crippen LogP contribution >= 0.6 is 11.6 Å². The normalized spacial score (nSPS) is 11.5. The maximum atomic E-state index is 12.5. The molecule has 0 radical (unpaired) electrons. The van der Waals surface area contributed by atoms with Crippen LogP contribution in [0.1, 0.15) is 16.7 Å². The first-order chi connectivity index (χ1) is 10.7. The molecular weight excluding hydrogens is 332 g/mol. The number of nitrogens with zero attached hydrogens (tertiary/aromatic N) is 1. The smallest absolute Gasteiger partial charge is 0.241 e. The van der Waals surface area contributed by atoms with Crippen molar-refractivity contribution in [1.29, 1.82) is 0 Å². The number of benzene rings is 2. The first-order valence-electron chi connectivity index (χ1n) is 7.23. The highest BCUT2D eigenvalue weighted by atomic mass is 35.5. The molecule has 2 aromatic rings. The summed E-state index contributed by atoms with van der Waals surface area (Å²) >= 11 is 6.03. The molecule has 2 aromatic carbocycles. The van der Waals surface area contributed by atoms with Crippen LogP contribution in [0.15, 0.2) is 41.3 Å². The van der Waals surface area contributed by atoms with Crippen molar-refractivity contribution in [3.05, 3.63) is 58.1 Å². The summed E-state index contributed by atoms with van der Waals surface area (Å²) < 4.78 is 27.6. The Labute approximate surface area is 143 Å². The van der Waals surface area contributed by atoms with Crippen molar-refractivity contribution in [3.63, 3.8) is 0 Å². The molecule has 6 heteroatoms. The fourth-order valence-corrected chi connectivity index (χ4v) is 3.76. The van der Waals surface area contributed by atoms with Gasteiger partial charge in [-0.25, -0.2) is 13.1 Å². The van der Waals surface area contributed by atoms with Gasteiger partial charge in [0.25, 0.3) is 0 Å². The number of hydrogen-bond acceptors (Lipinski definition) is 3. The Bertz CT molecular complexity index is 800. The minimum Gasteiger partial charge on any atom is -0.378 e. The molecule has 0 fully saturated rings. The van der Waals surface area contributed by atoms with Crippen LogP contribution in [0.3, 0.4) is 0 Å². The van der Waals surface area contributed by atoms with Crippen LogP contribution in [0.25, 0.3) is 0 Å². The fraction of sp³-hybridized carbons (Fsp3) is 0.294. The van der Waals surface area contributed by atoms with Gasteiger partial charge in [0.05, 0.1) is 4.90 Å². The summed E-state index contributed by atoms with van der Waals surface area (Å²) in [6, 6.07) is 11.0. The molecule has 0 aliphatic rings. The summed E-state index contributed by atoms with van der Waals surface area (Å²) in [5.74, 6) is 0. The lowest BCUT2D eigenvalue weighted by Gasteiger charge is -2.14. The van der Waals surface area contributed by atoms with Crippen LogP contribution in [0, 0.1) is 13.8 Å². The van der Waals surface area contributed by atoms with Crippen LogP contribution in [-0.4, -0.2) is 22.5 Å². The Morgan fingerprint density at radius 3 is 2.22 bits per heavy atom. The summed E-state index contributed by atoms with van der Waals surface area (Å²) in [5.41, 5.74) is 3.35. The summed E-state index contributed by atoms with van der Waals surface area (Å²) in [5, 5.41) is 0.570. The Balaban J connectivity index is 2.17. The Morgan fingerprint density at radius 1 is 1.04 bits per heavy atom. The monoisotopic (exact) mass is 352 g/mol. The third kappa shape index (κ3) is 4.25. The zero-order valence-corrected chi connectivity index (χ0v) is 15.3. The predicted molar refractivity (Wildman–Crippen MR) is 95.7 cm³/mol. The highest BCUT2D eigenvalue weighted by Gasteiger charge is 2.17. The van der Waals surface area contributed by atoms with Crippen molar-refractivity contribution in [2.75, 3.05) is 19.0 Å². The van der Waals surface area contributed by atoms with Gasteiger partial charge in [0.2, 0.25) is 10.0 Å². The molecule has 0 aliphatic carbocycles. The zero-order valence-electron chi connectivity index (χ0n) is 13.7. The lowest BCUT2D eigenvalue weighted by molar-refractivity contribution is 0.580. The molecule has 1 N–H and O–H groups in total. The van der Waals surface area contributed by atoms with Gasteiger partial charge in [0, 0.05) is 31.4 Å². The molecule has 0 amide bonds. The van der Waals surface area contributed by atoms with Gasteiger partial charge in [-0.15, -0.1) is 0 Å². The lowest BCUT2D eigenvalue weighted by Crippen LogP contribution is -2.24. The second-order valence-electron chi connectivity index (χ2n) is 5.75. The van der Waals surface area contributed by atoms with Gasteiger partial charge in [-0.05, 0) is 54.8 Å². The number of anilines is 1. The number of nitrogens with one attached hydrogen (secondary N) is 1. The minimum atomic E-state index is -3.57. The third-order valence-corrected chi connectivity index (χ3v) is 5.62. The van der Waals surface area contributed by atoms with Gasteiger partial charge in [-0.1, -0.05) is 23.7 Å². The molecule has 0 unspecified atom stereocenters. The van der Waals surface area contributed by atoms with Gasteiger partial charge in [0.15, 0.2) is 0 Å². The second kappa shape index (κ2) is 6.91. The molecule has 0 spiro atoms. The van der Waals surface area contributed by atoms with Crippen molar-refractivity contribution in [2.45, 2.75) is 25.3 Å². The van der Waals surface area contributed by atoms with E-state index in [1.54, 1.807) is 26.0 Å². The molecule has 0 atom stereocenters. The van der Waals surface area contributed by atoms with Crippen molar-refractivity contribution in [1.82, 2.24) is 4.72 Å². The van der Waals surface area contributed by atoms with Crippen molar-refractivity contribution < 1.29 is 8.42 Å². The van der Waals surface area contributed by atoms with E-state index in [0.717, 1.165) is 16.8 Å². The van der Waals surface area contributed by atoms with E-state index in [4.69, 9.17) is 11.6 Å². The average molecular weight is 353 g/mol. The van der Waals surface area contributed by atoms with Crippen LogP contribution in [-0.2, 0) is 16.6 Å². The van der Waals surface area contributed by atoms with Gasteiger partial charge in [0.1, 0.15) is 0 Å². The third-order valence-electron chi connectivity index (χ3n) is 3.66. The Kier molecular flexibility index (Phi) is 5.34. The van der Waals surface area contributed by atoms with Crippen LogP contribution in [0.4, 0.5) is 5.69 Å². The molecule has 0 bridgehead atoms. The summed E-state index contributed by atoms with van der Waals surface area (Å²) in [7, 11) is 0.349. The molecule has 0 saturated heterocycles. The van der Waals surface area contributed by atoms with E-state index < -0.39 is 10.0 Å². The number of sulfonamides is 1. The first kappa shape index (κ1) is 17.8. The van der Waals surface area contributed by atoms with E-state index >= 15 is 0 Å². The second-order valence-corrected chi connectivity index (χ2v) is 7.89. The van der Waals surface area contributed by atoms with E-state index in [1.165, 1.54) is 0 Å². The van der Waals surface area contributed by atoms with E-state index in [2.05, 4.69) is 4.72 Å². The highest BCUT2D eigenvalue weighted by molar-refractivity contribution is 7.89. The summed E-state index contributed by atoms with van der Waals surface area (Å²) in [4.78, 5) is 2.26. The minimum absolute atomic E-state index is 0.247. The molecule has 0 heterocycles. The molecular formula is C17H21ClN2O2S. The van der Waals surface area contributed by atoms with Crippen LogP contribution in [0.5, 0.6) is 0 Å². The maximum absolute atomic E-state index is 12.5. The molecule has 0 aromatic heterocycles. The van der Waals surface area contributed by atoms with E-state index in [1.807, 2.05) is 43.3 Å². The predicted octanol–water partition coefficient (Wildman–Crippen LogP) is 3.50. The number of rotatable bonds is 5. The summed E-state index contributed by atoms with van der Waals surface area (Å²) in [6.45, 7) is 3.78. The van der Waals surface area contributed by atoms with Gasteiger partial charge in [-0.2, -0.15) is 0 Å². The van der Waals surface area contributed by atoms with Crippen LogP contribution < -0.4 is 9.62 Å². The quantitative estimate of drug-likeness (QED) is 0.895. The van der Waals surface area contributed by atoms with E-state index in [0.29, 0.717) is 10.6 Å². The lowest BCUT2D eigenvalue weighted by atomic mass is 10.2. The molecule has 4 nitrogen and oxygen atoms in total. The number of hydrogen-bond donors (Lipinski definition) is 1. The zero-order chi connectivity index (χ0) is 17.2. The standard InChI is InChI=1S/C17H21ClN2O2S/c1-12-10-17(13(2)9-16(12)18)23(21,22)19-11-14-5-7-15(8-6-14)20(3)4/h5-10,19H,11H2,1-4H3. The van der Waals surface area contributed by atoms with Crippen molar-refractivity contribution in [2.24, 2.45) is 0 Å². The molecule has 0 saturated carbocycles. The Hall–Kier alpha value is -1.56. The van der Waals surface area contributed by atoms with Gasteiger partial charge >= 0.3 is 0 Å². The molecule has 124 valence electrons. The SMILES string of the molecule is Cc1cc(S(=O)(=O)NCc2ccc(N(C)C)cc2)c(C)cc1Cl. The first-order valence-corrected chi connectivity index (χ1v) is 9.09. The van der Waals surface area contributed by atoms with Gasteiger partial charge < -0.3 is 4.90 Å². The highest BCUT2D eigenvalue weighted by Crippen LogP contribution is 2.24. The summed E-state index contributed by atoms with van der Waals surface area (Å²) in [6.07, 6.45) is 0. The van der Waals surface area contributed by atoms with E-state index in [-0.39, 0.29) is 11.4 Å². The van der Waals surface area contributed by atoms with Crippen LogP contribution in [0.2, 0.25) is 5.02 Å². The average Bonchev–Trinajstić information content (AvgIpc) is 2.49. The largest absolute Gasteiger partial charge is 0.378 e. The topological polar surface area (TPSA) is 49.4 Å². The molecule has 0 aliphatic heterocycles. The van der Waals surface area contributed by atoms with Gasteiger partial charge in [-0.3, -0.25) is 0 Å². The van der Waals surface area contributed by atoms with Crippen molar-refractivity contribution in [3.8, 4) is 0 Å². The number of halogens is 1. The van der Waals surface area contributed by atoms with Crippen molar-refractivity contribution >= 4 is 27.3 Å². The molecule has 2 rings (SSSR count). The van der Waals surface area contributed by atoms with E-state index in [9.17, 15) is 8.42 Å². The number of aryl methyl sites for hydroxylation is 2.